The Labute approximate surface area is 157 Å². The maximum atomic E-state index is 12.9. The minimum absolute atomic E-state index is 0.0617. The first-order chi connectivity index (χ1) is 12.3. The van der Waals surface area contributed by atoms with Crippen LogP contribution in [0.25, 0.3) is 0 Å². The SMILES string of the molecule is CC(=O)N1CC(c2ccc(N3C(=O)c4ccc(Cl)cc4C3(C)C)nc2)C1. The average molecular weight is 370 g/mol. The minimum Gasteiger partial charge on any atom is -0.342 e. The van der Waals surface area contributed by atoms with E-state index in [2.05, 4.69) is 4.98 Å². The van der Waals surface area contributed by atoms with Crippen LogP contribution in [0.1, 0.15) is 48.2 Å². The number of halogens is 1. The number of rotatable bonds is 2. The first-order valence-corrected chi connectivity index (χ1v) is 9.03. The predicted octanol–water partition coefficient (Wildman–Crippen LogP) is 3.58. The quantitative estimate of drug-likeness (QED) is 0.813. The Kier molecular flexibility index (Phi) is 3.81. The molecule has 0 N–H and O–H groups in total. The number of carbonyl (C=O) groups is 2. The number of pyridine rings is 1. The molecule has 2 aliphatic rings. The number of nitrogens with zero attached hydrogens (tertiary/aromatic N) is 3. The van der Waals surface area contributed by atoms with Gasteiger partial charge in [-0.15, -0.1) is 0 Å². The number of hydrogen-bond donors (Lipinski definition) is 0. The van der Waals surface area contributed by atoms with Crippen molar-refractivity contribution in [3.63, 3.8) is 0 Å². The number of likely N-dealkylation sites (tertiary alicyclic amines) is 1. The van der Waals surface area contributed by atoms with E-state index in [0.717, 1.165) is 24.2 Å². The van der Waals surface area contributed by atoms with E-state index in [-0.39, 0.29) is 11.8 Å². The fraction of sp³-hybridized carbons (Fsp3) is 0.350. The van der Waals surface area contributed by atoms with Gasteiger partial charge in [0, 0.05) is 42.7 Å². The first kappa shape index (κ1) is 17.0. The second-order valence-corrected chi connectivity index (χ2v) is 7.90. The summed E-state index contributed by atoms with van der Waals surface area (Å²) in [6.07, 6.45) is 1.82. The van der Waals surface area contributed by atoms with Gasteiger partial charge >= 0.3 is 0 Å². The van der Waals surface area contributed by atoms with Gasteiger partial charge in [-0.05, 0) is 49.2 Å². The zero-order chi connectivity index (χ0) is 18.6. The van der Waals surface area contributed by atoms with Crippen LogP contribution in [0.3, 0.4) is 0 Å². The second-order valence-electron chi connectivity index (χ2n) is 7.46. The molecule has 0 atom stereocenters. The van der Waals surface area contributed by atoms with Crippen molar-refractivity contribution in [3.05, 3.63) is 58.2 Å². The number of amides is 2. The molecule has 5 nitrogen and oxygen atoms in total. The predicted molar refractivity (Wildman–Crippen MR) is 101 cm³/mol. The van der Waals surface area contributed by atoms with Crippen LogP contribution < -0.4 is 4.90 Å². The highest BCUT2D eigenvalue weighted by Crippen LogP contribution is 2.42. The molecule has 1 fully saturated rings. The molecule has 0 saturated carbocycles. The van der Waals surface area contributed by atoms with Crippen LogP contribution in [0.5, 0.6) is 0 Å². The summed E-state index contributed by atoms with van der Waals surface area (Å²) < 4.78 is 0. The molecule has 2 aliphatic heterocycles. The maximum absolute atomic E-state index is 12.9. The van der Waals surface area contributed by atoms with E-state index in [1.54, 1.807) is 24.0 Å². The number of hydrogen-bond acceptors (Lipinski definition) is 3. The van der Waals surface area contributed by atoms with Crippen LogP contribution in [-0.2, 0) is 10.3 Å². The van der Waals surface area contributed by atoms with Gasteiger partial charge in [-0.2, -0.15) is 0 Å². The summed E-state index contributed by atoms with van der Waals surface area (Å²) in [6.45, 7) is 7.05. The van der Waals surface area contributed by atoms with Gasteiger partial charge in [0.05, 0.1) is 5.54 Å². The van der Waals surface area contributed by atoms with Crippen LogP contribution in [0.15, 0.2) is 36.5 Å². The highest BCUT2D eigenvalue weighted by atomic mass is 35.5. The molecule has 26 heavy (non-hydrogen) atoms. The lowest BCUT2D eigenvalue weighted by Crippen LogP contribution is -2.47. The summed E-state index contributed by atoms with van der Waals surface area (Å²) >= 11 is 6.13. The maximum Gasteiger partial charge on any atom is 0.260 e. The van der Waals surface area contributed by atoms with Crippen molar-refractivity contribution in [1.29, 1.82) is 0 Å². The third kappa shape index (κ3) is 2.50. The van der Waals surface area contributed by atoms with Gasteiger partial charge in [0.15, 0.2) is 0 Å². The number of carbonyl (C=O) groups excluding carboxylic acids is 2. The Morgan fingerprint density at radius 1 is 1.23 bits per heavy atom. The molecule has 134 valence electrons. The fourth-order valence-electron chi connectivity index (χ4n) is 3.81. The molecule has 2 aromatic rings. The number of fused-ring (bicyclic) bond motifs is 1. The van der Waals surface area contributed by atoms with Gasteiger partial charge in [-0.1, -0.05) is 17.7 Å². The molecule has 0 bridgehead atoms. The molecule has 0 aliphatic carbocycles. The van der Waals surface area contributed by atoms with E-state index in [0.29, 0.717) is 22.3 Å². The fourth-order valence-corrected chi connectivity index (χ4v) is 3.98. The Balaban J connectivity index is 1.60. The molecule has 2 amide bonds. The molecular formula is C20H20ClN3O2. The smallest absolute Gasteiger partial charge is 0.260 e. The van der Waals surface area contributed by atoms with Crippen molar-refractivity contribution in [3.8, 4) is 0 Å². The zero-order valence-electron chi connectivity index (χ0n) is 15.0. The summed E-state index contributed by atoms with van der Waals surface area (Å²) in [5, 5.41) is 0.620. The summed E-state index contributed by atoms with van der Waals surface area (Å²) in [4.78, 5) is 32.3. The van der Waals surface area contributed by atoms with E-state index in [4.69, 9.17) is 11.6 Å². The van der Waals surface area contributed by atoms with Gasteiger partial charge in [-0.3, -0.25) is 14.5 Å². The van der Waals surface area contributed by atoms with Gasteiger partial charge in [0.2, 0.25) is 5.91 Å². The van der Waals surface area contributed by atoms with Crippen LogP contribution in [0.2, 0.25) is 5.02 Å². The molecule has 1 saturated heterocycles. The Morgan fingerprint density at radius 2 is 1.96 bits per heavy atom. The van der Waals surface area contributed by atoms with Gasteiger partial charge in [-0.25, -0.2) is 4.98 Å². The molecule has 0 radical (unpaired) electrons. The first-order valence-electron chi connectivity index (χ1n) is 8.65. The topological polar surface area (TPSA) is 53.5 Å². The van der Waals surface area contributed by atoms with E-state index in [9.17, 15) is 9.59 Å². The van der Waals surface area contributed by atoms with Crippen molar-refractivity contribution in [2.45, 2.75) is 32.2 Å². The van der Waals surface area contributed by atoms with Crippen molar-refractivity contribution in [1.82, 2.24) is 9.88 Å². The molecule has 6 heteroatoms. The van der Waals surface area contributed by atoms with Crippen molar-refractivity contribution < 1.29 is 9.59 Å². The second kappa shape index (κ2) is 5.81. The summed E-state index contributed by atoms with van der Waals surface area (Å²) in [5.41, 5.74) is 2.16. The monoisotopic (exact) mass is 369 g/mol. The summed E-state index contributed by atoms with van der Waals surface area (Å²) in [6, 6.07) is 9.27. The van der Waals surface area contributed by atoms with Gasteiger partial charge in [0.25, 0.3) is 5.91 Å². The van der Waals surface area contributed by atoms with Gasteiger partial charge in [0.1, 0.15) is 5.82 Å². The van der Waals surface area contributed by atoms with Crippen LogP contribution in [-0.4, -0.2) is 34.8 Å². The van der Waals surface area contributed by atoms with Crippen molar-refractivity contribution in [2.24, 2.45) is 0 Å². The minimum atomic E-state index is -0.520. The molecular weight excluding hydrogens is 350 g/mol. The van der Waals surface area contributed by atoms with E-state index >= 15 is 0 Å². The Bertz CT molecular complexity index is 902. The van der Waals surface area contributed by atoms with Crippen LogP contribution in [0.4, 0.5) is 5.82 Å². The lowest BCUT2D eigenvalue weighted by molar-refractivity contribution is -0.133. The van der Waals surface area contributed by atoms with Crippen LogP contribution in [0, 0.1) is 0 Å². The summed E-state index contributed by atoms with van der Waals surface area (Å²) in [5.74, 6) is 0.984. The lowest BCUT2D eigenvalue weighted by atomic mass is 9.92. The molecule has 0 unspecified atom stereocenters. The largest absolute Gasteiger partial charge is 0.342 e. The van der Waals surface area contributed by atoms with Crippen molar-refractivity contribution >= 4 is 29.2 Å². The Hall–Kier alpha value is -2.40. The standard InChI is InChI=1S/C20H20ClN3O2/c1-12(25)23-10-14(11-23)13-4-7-18(22-9-13)24-19(26)16-6-5-15(21)8-17(16)20(24,2)3/h4-9,14H,10-11H2,1-3H3. The third-order valence-electron chi connectivity index (χ3n) is 5.43. The average Bonchev–Trinajstić information content (AvgIpc) is 2.73. The molecule has 4 rings (SSSR count). The van der Waals surface area contributed by atoms with Crippen LogP contribution >= 0.6 is 11.6 Å². The zero-order valence-corrected chi connectivity index (χ0v) is 15.7. The molecule has 0 spiro atoms. The van der Waals surface area contributed by atoms with E-state index < -0.39 is 5.54 Å². The summed E-state index contributed by atoms with van der Waals surface area (Å²) in [7, 11) is 0. The van der Waals surface area contributed by atoms with Crippen molar-refractivity contribution in [2.75, 3.05) is 18.0 Å². The lowest BCUT2D eigenvalue weighted by Gasteiger charge is -2.39. The van der Waals surface area contributed by atoms with E-state index in [1.807, 2.05) is 43.1 Å². The van der Waals surface area contributed by atoms with E-state index in [1.165, 1.54) is 0 Å². The highest BCUT2D eigenvalue weighted by molar-refractivity contribution is 6.31. The normalized spacial score (nSPS) is 18.7. The molecule has 1 aromatic carbocycles. The number of anilines is 1. The molecule has 1 aromatic heterocycles. The van der Waals surface area contributed by atoms with Gasteiger partial charge < -0.3 is 4.90 Å². The highest BCUT2D eigenvalue weighted by Gasteiger charge is 2.44. The Morgan fingerprint density at radius 3 is 2.58 bits per heavy atom. The number of benzene rings is 1. The number of aromatic nitrogens is 1. The third-order valence-corrected chi connectivity index (χ3v) is 5.67. The molecule has 3 heterocycles.